The highest BCUT2D eigenvalue weighted by molar-refractivity contribution is 5.33. The maximum absolute atomic E-state index is 14.2. The van der Waals surface area contributed by atoms with E-state index in [1.54, 1.807) is 26.0 Å². The maximum atomic E-state index is 14.2. The summed E-state index contributed by atoms with van der Waals surface area (Å²) in [6.45, 7) is 3.18. The Morgan fingerprint density at radius 2 is 1.00 bits per heavy atom. The zero-order valence-electron chi connectivity index (χ0n) is 11.1. The van der Waals surface area contributed by atoms with Crippen LogP contribution in [0.25, 0.3) is 0 Å². The Labute approximate surface area is 115 Å². The van der Waals surface area contributed by atoms with Crippen LogP contribution in [0.4, 0.5) is 17.6 Å². The Bertz CT molecular complexity index is 562. The highest BCUT2D eigenvalue weighted by Crippen LogP contribution is 2.49. The first kappa shape index (κ1) is 14.6. The molecule has 0 aliphatic carbocycles. The predicted molar refractivity (Wildman–Crippen MR) is 70.1 cm³/mol. The third-order valence-electron chi connectivity index (χ3n) is 3.16. The molecule has 0 nitrogen and oxygen atoms in total. The van der Waals surface area contributed by atoms with E-state index in [0.29, 0.717) is 11.1 Å². The average molecular weight is 282 g/mol. The summed E-state index contributed by atoms with van der Waals surface area (Å²) in [5, 5.41) is 0. The van der Waals surface area contributed by atoms with E-state index in [9.17, 15) is 17.6 Å². The Kier molecular flexibility index (Phi) is 3.59. The number of aryl methyl sites for hydroxylation is 2. The van der Waals surface area contributed by atoms with E-state index in [-0.39, 0.29) is 0 Å². The van der Waals surface area contributed by atoms with Crippen LogP contribution in [0.5, 0.6) is 0 Å². The van der Waals surface area contributed by atoms with Crippen molar-refractivity contribution in [3.63, 3.8) is 0 Å². The molecule has 0 unspecified atom stereocenters. The van der Waals surface area contributed by atoms with Crippen LogP contribution in [0.1, 0.15) is 22.3 Å². The van der Waals surface area contributed by atoms with Crippen LogP contribution in [0.15, 0.2) is 48.5 Å². The lowest BCUT2D eigenvalue weighted by Gasteiger charge is -2.27. The molecule has 0 bridgehead atoms. The molecule has 0 N–H and O–H groups in total. The molecule has 2 aromatic carbocycles. The molecule has 4 heteroatoms. The second kappa shape index (κ2) is 4.93. The molecule has 0 aromatic heterocycles. The van der Waals surface area contributed by atoms with Crippen molar-refractivity contribution in [2.24, 2.45) is 0 Å². The van der Waals surface area contributed by atoms with Crippen molar-refractivity contribution in [1.82, 2.24) is 0 Å². The smallest absolute Gasteiger partial charge is 0.194 e. The number of alkyl halides is 4. The third-order valence-corrected chi connectivity index (χ3v) is 3.16. The van der Waals surface area contributed by atoms with E-state index >= 15 is 0 Å². The van der Waals surface area contributed by atoms with Crippen LogP contribution < -0.4 is 0 Å². The summed E-state index contributed by atoms with van der Waals surface area (Å²) >= 11 is 0. The van der Waals surface area contributed by atoms with Gasteiger partial charge in [-0.2, -0.15) is 17.6 Å². The predicted octanol–water partition coefficient (Wildman–Crippen LogP) is 5.19. The van der Waals surface area contributed by atoms with E-state index in [2.05, 4.69) is 0 Å². The molecular formula is C16H14F4. The Morgan fingerprint density at radius 1 is 0.650 bits per heavy atom. The minimum absolute atomic E-state index is 0.516. The molecule has 106 valence electrons. The minimum Gasteiger partial charge on any atom is -0.194 e. The molecular weight excluding hydrogens is 268 g/mol. The SMILES string of the molecule is Cc1cccc(C(F)(F)C(F)(F)c2cccc(C)c2)c1. The van der Waals surface area contributed by atoms with Gasteiger partial charge in [-0.25, -0.2) is 0 Å². The highest BCUT2D eigenvalue weighted by Gasteiger charge is 2.58. The van der Waals surface area contributed by atoms with Gasteiger partial charge in [0.25, 0.3) is 0 Å². The zero-order chi connectivity index (χ0) is 15.0. The molecule has 0 aliphatic rings. The summed E-state index contributed by atoms with van der Waals surface area (Å²) in [5.74, 6) is -8.51. The molecule has 0 amide bonds. The first-order valence-electron chi connectivity index (χ1n) is 6.15. The lowest BCUT2D eigenvalue weighted by molar-refractivity contribution is -0.223. The van der Waals surface area contributed by atoms with Gasteiger partial charge >= 0.3 is 11.8 Å². The fourth-order valence-electron chi connectivity index (χ4n) is 2.04. The fraction of sp³-hybridized carbons (Fsp3) is 0.250. The Hall–Kier alpha value is -1.84. The van der Waals surface area contributed by atoms with Gasteiger partial charge in [-0.1, -0.05) is 47.5 Å². The van der Waals surface area contributed by atoms with Crippen molar-refractivity contribution in [2.45, 2.75) is 25.7 Å². The monoisotopic (exact) mass is 282 g/mol. The largest absolute Gasteiger partial charge is 0.339 e. The normalized spacial score (nSPS) is 12.5. The lowest BCUT2D eigenvalue weighted by atomic mass is 9.94. The van der Waals surface area contributed by atoms with Crippen LogP contribution >= 0.6 is 0 Å². The number of hydrogen-bond acceptors (Lipinski definition) is 0. The first-order valence-corrected chi connectivity index (χ1v) is 6.15. The molecule has 0 heterocycles. The molecule has 0 aliphatic heterocycles. The fourth-order valence-corrected chi connectivity index (χ4v) is 2.04. The van der Waals surface area contributed by atoms with Crippen LogP contribution in [0.2, 0.25) is 0 Å². The molecule has 2 rings (SSSR count). The van der Waals surface area contributed by atoms with Gasteiger partial charge in [0.1, 0.15) is 0 Å². The standard InChI is InChI=1S/C16H14F4/c1-11-5-3-7-13(9-11)15(17,18)16(19,20)14-8-4-6-12(2)10-14/h3-10H,1-2H3. The Balaban J connectivity index is 2.51. The second-order valence-electron chi connectivity index (χ2n) is 4.89. The van der Waals surface area contributed by atoms with Gasteiger partial charge in [0.15, 0.2) is 0 Å². The van der Waals surface area contributed by atoms with Crippen molar-refractivity contribution < 1.29 is 17.6 Å². The van der Waals surface area contributed by atoms with E-state index in [0.717, 1.165) is 24.3 Å². The van der Waals surface area contributed by atoms with E-state index in [1.807, 2.05) is 0 Å². The van der Waals surface area contributed by atoms with Gasteiger partial charge in [0.2, 0.25) is 0 Å². The van der Waals surface area contributed by atoms with Crippen molar-refractivity contribution in [1.29, 1.82) is 0 Å². The van der Waals surface area contributed by atoms with E-state index < -0.39 is 23.0 Å². The van der Waals surface area contributed by atoms with Gasteiger partial charge < -0.3 is 0 Å². The van der Waals surface area contributed by atoms with Gasteiger partial charge in [-0.05, 0) is 26.0 Å². The number of benzene rings is 2. The molecule has 0 fully saturated rings. The minimum atomic E-state index is -4.26. The van der Waals surface area contributed by atoms with Gasteiger partial charge in [0, 0.05) is 11.1 Å². The van der Waals surface area contributed by atoms with E-state index in [1.165, 1.54) is 12.1 Å². The van der Waals surface area contributed by atoms with Gasteiger partial charge in [0.05, 0.1) is 0 Å². The molecule has 0 atom stereocenters. The summed E-state index contributed by atoms with van der Waals surface area (Å²) in [6.07, 6.45) is 0. The summed E-state index contributed by atoms with van der Waals surface area (Å²) in [6, 6.07) is 10.1. The van der Waals surface area contributed by atoms with Gasteiger partial charge in [-0.15, -0.1) is 0 Å². The first-order chi connectivity index (χ1) is 9.25. The maximum Gasteiger partial charge on any atom is 0.339 e. The summed E-state index contributed by atoms with van der Waals surface area (Å²) in [4.78, 5) is 0. The van der Waals surface area contributed by atoms with Crippen molar-refractivity contribution in [3.05, 3.63) is 70.8 Å². The number of halogens is 4. The van der Waals surface area contributed by atoms with Crippen LogP contribution in [-0.4, -0.2) is 0 Å². The number of hydrogen-bond donors (Lipinski definition) is 0. The quantitative estimate of drug-likeness (QED) is 0.680. The lowest BCUT2D eigenvalue weighted by Crippen LogP contribution is -2.35. The summed E-state index contributed by atoms with van der Waals surface area (Å²) in [7, 11) is 0. The molecule has 20 heavy (non-hydrogen) atoms. The average Bonchev–Trinajstić information content (AvgIpc) is 2.38. The zero-order valence-corrected chi connectivity index (χ0v) is 11.1. The van der Waals surface area contributed by atoms with Crippen LogP contribution in [0.3, 0.4) is 0 Å². The highest BCUT2D eigenvalue weighted by atomic mass is 19.3. The Morgan fingerprint density at radius 3 is 1.30 bits per heavy atom. The van der Waals surface area contributed by atoms with Crippen LogP contribution in [0, 0.1) is 13.8 Å². The second-order valence-corrected chi connectivity index (χ2v) is 4.89. The van der Waals surface area contributed by atoms with Crippen molar-refractivity contribution in [3.8, 4) is 0 Å². The summed E-state index contributed by atoms with van der Waals surface area (Å²) < 4.78 is 56.7. The molecule has 0 saturated heterocycles. The van der Waals surface area contributed by atoms with Crippen molar-refractivity contribution >= 4 is 0 Å². The van der Waals surface area contributed by atoms with Gasteiger partial charge in [-0.3, -0.25) is 0 Å². The molecule has 2 aromatic rings. The number of rotatable bonds is 3. The summed E-state index contributed by atoms with van der Waals surface area (Å²) in [5.41, 5.74) is -0.322. The molecule has 0 saturated carbocycles. The topological polar surface area (TPSA) is 0 Å². The van der Waals surface area contributed by atoms with Crippen molar-refractivity contribution in [2.75, 3.05) is 0 Å². The third kappa shape index (κ3) is 2.42. The molecule has 0 spiro atoms. The molecule has 0 radical (unpaired) electrons. The van der Waals surface area contributed by atoms with E-state index in [4.69, 9.17) is 0 Å². The van der Waals surface area contributed by atoms with Crippen LogP contribution in [-0.2, 0) is 11.8 Å².